The molecule has 0 bridgehead atoms. The standard InChI is InChI=1S/C14H20N2O2S2.ClH/c1-20(18)10-11-3-2-4-12(7-11)16-14(17)8-13-9-19-6-5-15-13;/h2-4,7,13,15H,5-6,8-10H2,1H3,(H,16,17);1H. The van der Waals surface area contributed by atoms with Crippen LogP contribution in [0, 0.1) is 0 Å². The Balaban J connectivity index is 0.00000220. The fraction of sp³-hybridized carbons (Fsp3) is 0.500. The first-order chi connectivity index (χ1) is 9.63. The summed E-state index contributed by atoms with van der Waals surface area (Å²) < 4.78 is 11.2. The zero-order chi connectivity index (χ0) is 14.4. The summed E-state index contributed by atoms with van der Waals surface area (Å²) in [5, 5.41) is 6.27. The summed E-state index contributed by atoms with van der Waals surface area (Å²) in [5.74, 6) is 2.65. The van der Waals surface area contributed by atoms with Crippen molar-refractivity contribution < 1.29 is 9.00 Å². The normalized spacial score (nSPS) is 19.4. The fourth-order valence-corrected chi connectivity index (χ4v) is 3.76. The Bertz CT molecular complexity index is 494. The van der Waals surface area contributed by atoms with Gasteiger partial charge in [-0.3, -0.25) is 9.00 Å². The molecule has 1 aromatic carbocycles. The maximum atomic E-state index is 12.0. The van der Waals surface area contributed by atoms with Crippen molar-refractivity contribution in [3.8, 4) is 0 Å². The van der Waals surface area contributed by atoms with Gasteiger partial charge >= 0.3 is 0 Å². The third-order valence-electron chi connectivity index (χ3n) is 3.01. The van der Waals surface area contributed by atoms with Crippen LogP contribution in [0.2, 0.25) is 0 Å². The van der Waals surface area contributed by atoms with Gasteiger partial charge in [0.25, 0.3) is 0 Å². The predicted molar refractivity (Wildman–Crippen MR) is 93.8 cm³/mol. The summed E-state index contributed by atoms with van der Waals surface area (Å²) in [6, 6.07) is 7.83. The van der Waals surface area contributed by atoms with E-state index in [4.69, 9.17) is 0 Å². The van der Waals surface area contributed by atoms with Crippen LogP contribution in [0.15, 0.2) is 24.3 Å². The van der Waals surface area contributed by atoms with Gasteiger partial charge in [-0.1, -0.05) is 12.1 Å². The lowest BCUT2D eigenvalue weighted by molar-refractivity contribution is -0.116. The minimum atomic E-state index is -0.869. The van der Waals surface area contributed by atoms with E-state index >= 15 is 0 Å². The molecule has 1 amide bonds. The minimum Gasteiger partial charge on any atom is -0.326 e. The van der Waals surface area contributed by atoms with E-state index in [1.54, 1.807) is 6.26 Å². The molecule has 0 spiro atoms. The monoisotopic (exact) mass is 348 g/mol. The molecule has 1 aliphatic rings. The van der Waals surface area contributed by atoms with Crippen LogP contribution >= 0.6 is 24.2 Å². The molecule has 21 heavy (non-hydrogen) atoms. The number of nitrogens with one attached hydrogen (secondary N) is 2. The molecule has 0 saturated carbocycles. The molecule has 2 N–H and O–H groups in total. The van der Waals surface area contributed by atoms with E-state index in [9.17, 15) is 9.00 Å². The van der Waals surface area contributed by atoms with Crippen molar-refractivity contribution in [1.82, 2.24) is 5.32 Å². The van der Waals surface area contributed by atoms with Crippen molar-refractivity contribution in [2.45, 2.75) is 18.2 Å². The molecule has 0 aliphatic carbocycles. The molecule has 1 aliphatic heterocycles. The van der Waals surface area contributed by atoms with E-state index in [2.05, 4.69) is 10.6 Å². The van der Waals surface area contributed by atoms with Crippen LogP contribution in [0.1, 0.15) is 12.0 Å². The lowest BCUT2D eigenvalue weighted by Crippen LogP contribution is -2.39. The third-order valence-corrected chi connectivity index (χ3v) is 4.88. The van der Waals surface area contributed by atoms with Crippen molar-refractivity contribution in [3.63, 3.8) is 0 Å². The van der Waals surface area contributed by atoms with Crippen LogP contribution < -0.4 is 10.6 Å². The summed E-state index contributed by atoms with van der Waals surface area (Å²) in [6.07, 6.45) is 2.18. The summed E-state index contributed by atoms with van der Waals surface area (Å²) >= 11 is 1.88. The Kier molecular flexibility index (Phi) is 8.33. The van der Waals surface area contributed by atoms with Gasteiger partial charge in [-0.2, -0.15) is 11.8 Å². The van der Waals surface area contributed by atoms with Crippen LogP contribution in [0.5, 0.6) is 0 Å². The summed E-state index contributed by atoms with van der Waals surface area (Å²) in [6.45, 7) is 0.973. The molecule has 1 aromatic rings. The number of halogens is 1. The second-order valence-electron chi connectivity index (χ2n) is 4.90. The molecule has 118 valence electrons. The lowest BCUT2D eigenvalue weighted by Gasteiger charge is -2.22. The van der Waals surface area contributed by atoms with E-state index in [0.717, 1.165) is 29.3 Å². The summed E-state index contributed by atoms with van der Waals surface area (Å²) in [4.78, 5) is 12.0. The van der Waals surface area contributed by atoms with Gasteiger partial charge in [0.1, 0.15) is 0 Å². The lowest BCUT2D eigenvalue weighted by atomic mass is 10.2. The number of thioether (sulfide) groups is 1. The number of hydrogen-bond donors (Lipinski definition) is 2. The average molecular weight is 349 g/mol. The summed E-state index contributed by atoms with van der Waals surface area (Å²) in [7, 11) is -0.869. The van der Waals surface area contributed by atoms with Crippen LogP contribution in [0.4, 0.5) is 5.69 Å². The van der Waals surface area contributed by atoms with Crippen LogP contribution in [-0.2, 0) is 21.3 Å². The smallest absolute Gasteiger partial charge is 0.225 e. The van der Waals surface area contributed by atoms with Crippen molar-refractivity contribution in [2.24, 2.45) is 0 Å². The Hall–Kier alpha value is -0.560. The number of anilines is 1. The first kappa shape index (κ1) is 18.5. The molecular formula is C14H21ClN2O2S2. The van der Waals surface area contributed by atoms with E-state index < -0.39 is 10.8 Å². The maximum absolute atomic E-state index is 12.0. The number of rotatable bonds is 5. The molecule has 0 radical (unpaired) electrons. The minimum absolute atomic E-state index is 0. The van der Waals surface area contributed by atoms with Crippen molar-refractivity contribution in [1.29, 1.82) is 0 Å². The van der Waals surface area contributed by atoms with Gasteiger partial charge in [-0.05, 0) is 17.7 Å². The zero-order valence-electron chi connectivity index (χ0n) is 12.0. The van der Waals surface area contributed by atoms with Gasteiger partial charge in [0, 0.05) is 59.0 Å². The van der Waals surface area contributed by atoms with Gasteiger partial charge < -0.3 is 10.6 Å². The molecule has 1 heterocycles. The second-order valence-corrected chi connectivity index (χ2v) is 7.48. The first-order valence-electron chi connectivity index (χ1n) is 6.63. The second kappa shape index (κ2) is 9.46. The van der Waals surface area contributed by atoms with Gasteiger partial charge in [0.05, 0.1) is 0 Å². The first-order valence-corrected chi connectivity index (χ1v) is 9.51. The Morgan fingerprint density at radius 2 is 2.33 bits per heavy atom. The highest BCUT2D eigenvalue weighted by molar-refractivity contribution is 7.99. The molecule has 2 atom stereocenters. The fourth-order valence-electron chi connectivity index (χ4n) is 2.16. The number of benzene rings is 1. The third kappa shape index (κ3) is 6.82. The van der Waals surface area contributed by atoms with Crippen molar-refractivity contribution in [2.75, 3.05) is 29.6 Å². The van der Waals surface area contributed by atoms with Gasteiger partial charge in [0.2, 0.25) is 5.91 Å². The highest BCUT2D eigenvalue weighted by Crippen LogP contribution is 2.14. The van der Waals surface area contributed by atoms with E-state index in [1.807, 2.05) is 36.0 Å². The van der Waals surface area contributed by atoms with Crippen LogP contribution in [0.3, 0.4) is 0 Å². The predicted octanol–water partition coefficient (Wildman–Crippen LogP) is 2.02. The highest BCUT2D eigenvalue weighted by Gasteiger charge is 2.16. The Morgan fingerprint density at radius 1 is 1.52 bits per heavy atom. The molecule has 2 rings (SSSR count). The zero-order valence-corrected chi connectivity index (χ0v) is 14.4. The quantitative estimate of drug-likeness (QED) is 0.854. The summed E-state index contributed by atoms with van der Waals surface area (Å²) in [5.41, 5.74) is 1.76. The maximum Gasteiger partial charge on any atom is 0.225 e. The SMILES string of the molecule is CS(=O)Cc1cccc(NC(=O)CC2CSCCN2)c1.Cl. The molecule has 7 heteroatoms. The Labute approximate surface area is 138 Å². The van der Waals surface area contributed by atoms with E-state index in [0.29, 0.717) is 12.2 Å². The average Bonchev–Trinajstić information content (AvgIpc) is 2.39. The number of amides is 1. The van der Waals surface area contributed by atoms with Crippen LogP contribution in [0.25, 0.3) is 0 Å². The highest BCUT2D eigenvalue weighted by atomic mass is 35.5. The molecule has 2 unspecified atom stereocenters. The molecular weight excluding hydrogens is 328 g/mol. The van der Waals surface area contributed by atoms with E-state index in [-0.39, 0.29) is 24.4 Å². The Morgan fingerprint density at radius 3 is 3.00 bits per heavy atom. The van der Waals surface area contributed by atoms with Crippen molar-refractivity contribution >= 4 is 46.6 Å². The largest absolute Gasteiger partial charge is 0.326 e. The topological polar surface area (TPSA) is 58.2 Å². The van der Waals surface area contributed by atoms with E-state index in [1.165, 1.54) is 0 Å². The van der Waals surface area contributed by atoms with Gasteiger partial charge in [-0.25, -0.2) is 0 Å². The molecule has 0 aromatic heterocycles. The molecule has 1 fully saturated rings. The van der Waals surface area contributed by atoms with Crippen LogP contribution in [-0.4, -0.2) is 40.5 Å². The number of hydrogen-bond acceptors (Lipinski definition) is 4. The molecule has 1 saturated heterocycles. The van der Waals surface area contributed by atoms with Gasteiger partial charge in [-0.15, -0.1) is 12.4 Å². The number of carbonyl (C=O) groups is 1. The molecule has 4 nitrogen and oxygen atoms in total. The van der Waals surface area contributed by atoms with Crippen molar-refractivity contribution in [3.05, 3.63) is 29.8 Å². The van der Waals surface area contributed by atoms with Gasteiger partial charge in [0.15, 0.2) is 0 Å². The number of carbonyl (C=O) groups excluding carboxylic acids is 1.